The number of hydrogen-bond acceptors (Lipinski definition) is 5. The molecule has 2 heterocycles. The van der Waals surface area contributed by atoms with E-state index in [1.54, 1.807) is 24.4 Å². The first-order valence-corrected chi connectivity index (χ1v) is 10.4. The molecule has 0 bridgehead atoms. The first kappa shape index (κ1) is 20.7. The molecule has 3 aromatic rings. The number of amides is 4. The molecule has 0 radical (unpaired) electrons. The van der Waals surface area contributed by atoms with E-state index in [1.165, 1.54) is 52.3 Å². The Bertz CT molecular complexity index is 1130. The topological polar surface area (TPSA) is 73.8 Å². The normalized spacial score (nSPS) is 16.2. The van der Waals surface area contributed by atoms with E-state index >= 15 is 0 Å². The maximum atomic E-state index is 13.2. The summed E-state index contributed by atoms with van der Waals surface area (Å²) in [5, 5.41) is 2.18. The fraction of sp³-hybridized carbons (Fsp3) is 0.182. The largest absolute Gasteiger partial charge is 0.332 e. The van der Waals surface area contributed by atoms with E-state index in [0.29, 0.717) is 22.2 Å². The van der Waals surface area contributed by atoms with Crippen LogP contribution in [0.15, 0.2) is 60.0 Å². The zero-order valence-corrected chi connectivity index (χ0v) is 17.7. The van der Waals surface area contributed by atoms with Gasteiger partial charge in [0.25, 0.3) is 5.91 Å². The van der Waals surface area contributed by atoms with Crippen molar-refractivity contribution in [2.75, 3.05) is 9.80 Å². The van der Waals surface area contributed by atoms with E-state index in [0.717, 1.165) is 4.90 Å². The average Bonchev–Trinajstić information content (AvgIpc) is 3.28. The number of urea groups is 1. The predicted molar refractivity (Wildman–Crippen MR) is 116 cm³/mol. The van der Waals surface area contributed by atoms with Crippen LogP contribution in [0.1, 0.15) is 19.5 Å². The minimum Gasteiger partial charge on any atom is -0.282 e. The SMILES string of the molecule is CC(=O)N(c1ccccc1)c1nc(CN2C(=O)C(C)N(c3ccc(F)cc3)C2=O)cs1. The van der Waals surface area contributed by atoms with Crippen LogP contribution in [0, 0.1) is 5.82 Å². The molecule has 1 atom stereocenters. The van der Waals surface area contributed by atoms with E-state index in [2.05, 4.69) is 4.98 Å². The van der Waals surface area contributed by atoms with Crippen molar-refractivity contribution in [3.63, 3.8) is 0 Å². The number of anilines is 3. The summed E-state index contributed by atoms with van der Waals surface area (Å²) in [6, 6.07) is 13.3. The van der Waals surface area contributed by atoms with Gasteiger partial charge >= 0.3 is 6.03 Å². The number of para-hydroxylation sites is 1. The number of imide groups is 1. The van der Waals surface area contributed by atoms with Crippen molar-refractivity contribution in [3.8, 4) is 0 Å². The molecule has 31 heavy (non-hydrogen) atoms. The summed E-state index contributed by atoms with van der Waals surface area (Å²) in [7, 11) is 0. The van der Waals surface area contributed by atoms with Crippen molar-refractivity contribution in [3.05, 3.63) is 71.5 Å². The highest BCUT2D eigenvalue weighted by Crippen LogP contribution is 2.31. The predicted octanol–water partition coefficient (Wildman–Crippen LogP) is 4.32. The van der Waals surface area contributed by atoms with Gasteiger partial charge in [0.15, 0.2) is 5.13 Å². The molecular weight excluding hydrogens is 419 g/mol. The lowest BCUT2D eigenvalue weighted by atomic mass is 10.2. The summed E-state index contributed by atoms with van der Waals surface area (Å²) >= 11 is 1.26. The molecule has 4 amide bonds. The molecule has 0 N–H and O–H groups in total. The smallest absolute Gasteiger partial charge is 0.282 e. The highest BCUT2D eigenvalue weighted by atomic mass is 32.1. The lowest BCUT2D eigenvalue weighted by molar-refractivity contribution is -0.127. The lowest BCUT2D eigenvalue weighted by Crippen LogP contribution is -2.33. The summed E-state index contributed by atoms with van der Waals surface area (Å²) in [6.07, 6.45) is 0. The van der Waals surface area contributed by atoms with Gasteiger partial charge in [-0.15, -0.1) is 11.3 Å². The van der Waals surface area contributed by atoms with Gasteiger partial charge in [-0.2, -0.15) is 0 Å². The highest BCUT2D eigenvalue weighted by Gasteiger charge is 2.43. The van der Waals surface area contributed by atoms with Crippen LogP contribution in [0.2, 0.25) is 0 Å². The number of aromatic nitrogens is 1. The first-order valence-electron chi connectivity index (χ1n) is 9.57. The molecule has 0 aliphatic carbocycles. The Morgan fingerprint density at radius 2 is 1.81 bits per heavy atom. The van der Waals surface area contributed by atoms with Gasteiger partial charge in [0.05, 0.1) is 17.9 Å². The highest BCUT2D eigenvalue weighted by molar-refractivity contribution is 7.14. The summed E-state index contributed by atoms with van der Waals surface area (Å²) in [6.45, 7) is 3.06. The molecule has 1 aliphatic rings. The molecule has 4 rings (SSSR count). The first-order chi connectivity index (χ1) is 14.9. The Morgan fingerprint density at radius 3 is 2.45 bits per heavy atom. The standard InChI is InChI=1S/C22H19FN4O3S/c1-14-20(29)25(22(30)26(14)19-10-8-16(23)9-11-19)12-17-13-31-21(24-17)27(15(2)28)18-6-4-3-5-7-18/h3-11,13-14H,12H2,1-2H3. The number of thiazole rings is 1. The Hall–Kier alpha value is -3.59. The van der Waals surface area contributed by atoms with Crippen LogP contribution >= 0.6 is 11.3 Å². The van der Waals surface area contributed by atoms with Gasteiger partial charge < -0.3 is 0 Å². The summed E-state index contributed by atoms with van der Waals surface area (Å²) in [4.78, 5) is 46.3. The van der Waals surface area contributed by atoms with Gasteiger partial charge in [-0.1, -0.05) is 18.2 Å². The number of nitrogens with zero attached hydrogens (tertiary/aromatic N) is 4. The second-order valence-electron chi connectivity index (χ2n) is 7.04. The summed E-state index contributed by atoms with van der Waals surface area (Å²) in [5.41, 5.74) is 1.62. The molecule has 1 aromatic heterocycles. The van der Waals surface area contributed by atoms with E-state index in [1.807, 2.05) is 18.2 Å². The van der Waals surface area contributed by atoms with Crippen molar-refractivity contribution in [2.24, 2.45) is 0 Å². The van der Waals surface area contributed by atoms with Gasteiger partial charge in [-0.05, 0) is 43.3 Å². The van der Waals surface area contributed by atoms with Crippen molar-refractivity contribution in [2.45, 2.75) is 26.4 Å². The molecule has 1 unspecified atom stereocenters. The molecule has 158 valence electrons. The molecule has 2 aromatic carbocycles. The van der Waals surface area contributed by atoms with Crippen LogP contribution in [-0.2, 0) is 16.1 Å². The fourth-order valence-corrected chi connectivity index (χ4v) is 4.32. The number of carbonyl (C=O) groups is 3. The van der Waals surface area contributed by atoms with Gasteiger partial charge in [-0.25, -0.2) is 14.2 Å². The minimum atomic E-state index is -0.714. The lowest BCUT2D eigenvalue weighted by Gasteiger charge is -2.19. The molecule has 1 aliphatic heterocycles. The minimum absolute atomic E-state index is 0.0171. The molecule has 1 saturated heterocycles. The Labute approximate surface area is 182 Å². The number of benzene rings is 2. The number of carbonyl (C=O) groups excluding carboxylic acids is 3. The van der Waals surface area contributed by atoms with Crippen LogP contribution in [0.3, 0.4) is 0 Å². The summed E-state index contributed by atoms with van der Waals surface area (Å²) < 4.78 is 13.2. The number of halogens is 1. The van der Waals surface area contributed by atoms with Crippen LogP contribution in [-0.4, -0.2) is 33.8 Å². The van der Waals surface area contributed by atoms with Crippen LogP contribution in [0.25, 0.3) is 0 Å². The number of hydrogen-bond donors (Lipinski definition) is 0. The molecule has 0 saturated carbocycles. The van der Waals surface area contributed by atoms with Crippen molar-refractivity contribution in [1.29, 1.82) is 0 Å². The zero-order valence-electron chi connectivity index (χ0n) is 16.9. The maximum absolute atomic E-state index is 13.2. The third kappa shape index (κ3) is 3.91. The quantitative estimate of drug-likeness (QED) is 0.556. The molecule has 0 spiro atoms. The second kappa shape index (κ2) is 8.27. The third-order valence-electron chi connectivity index (χ3n) is 4.93. The molecule has 1 fully saturated rings. The van der Waals surface area contributed by atoms with Crippen LogP contribution in [0.5, 0.6) is 0 Å². The maximum Gasteiger partial charge on any atom is 0.332 e. The van der Waals surface area contributed by atoms with Gasteiger partial charge in [0.1, 0.15) is 11.9 Å². The van der Waals surface area contributed by atoms with Crippen LogP contribution < -0.4 is 9.80 Å². The second-order valence-corrected chi connectivity index (χ2v) is 7.88. The van der Waals surface area contributed by atoms with Crippen LogP contribution in [0.4, 0.5) is 25.7 Å². The van der Waals surface area contributed by atoms with Crippen molar-refractivity contribution < 1.29 is 18.8 Å². The number of rotatable bonds is 5. The Morgan fingerprint density at radius 1 is 1.13 bits per heavy atom. The van der Waals surface area contributed by atoms with Crippen molar-refractivity contribution >= 4 is 45.7 Å². The van der Waals surface area contributed by atoms with E-state index in [4.69, 9.17) is 0 Å². The molecule has 7 nitrogen and oxygen atoms in total. The summed E-state index contributed by atoms with van der Waals surface area (Å²) in [5.74, 6) is -0.985. The van der Waals surface area contributed by atoms with E-state index in [9.17, 15) is 18.8 Å². The Balaban J connectivity index is 1.56. The zero-order chi connectivity index (χ0) is 22.1. The Kier molecular flexibility index (Phi) is 5.51. The van der Waals surface area contributed by atoms with E-state index in [-0.39, 0.29) is 18.4 Å². The fourth-order valence-electron chi connectivity index (χ4n) is 3.44. The monoisotopic (exact) mass is 438 g/mol. The van der Waals surface area contributed by atoms with Gasteiger partial charge in [0.2, 0.25) is 5.91 Å². The van der Waals surface area contributed by atoms with E-state index < -0.39 is 17.9 Å². The molecular formula is C22H19FN4O3S. The molecule has 9 heteroatoms. The average molecular weight is 438 g/mol. The van der Waals surface area contributed by atoms with Gasteiger partial charge in [-0.3, -0.25) is 24.3 Å². The van der Waals surface area contributed by atoms with Gasteiger partial charge in [0, 0.05) is 18.0 Å². The third-order valence-corrected chi connectivity index (χ3v) is 5.81. The van der Waals surface area contributed by atoms with Crippen molar-refractivity contribution in [1.82, 2.24) is 9.88 Å².